The molecule has 0 saturated carbocycles. The van der Waals surface area contributed by atoms with Crippen LogP contribution in [-0.4, -0.2) is 61.1 Å². The Bertz CT molecular complexity index is 352. The Hall–Kier alpha value is -1.04. The fourth-order valence-electron chi connectivity index (χ4n) is 1.99. The summed E-state index contributed by atoms with van der Waals surface area (Å²) in [5, 5.41) is 3.35. The van der Waals surface area contributed by atoms with Gasteiger partial charge in [-0.15, -0.1) is 12.4 Å². The van der Waals surface area contributed by atoms with Crippen LogP contribution in [0.25, 0.3) is 0 Å². The summed E-state index contributed by atoms with van der Waals surface area (Å²) in [6.45, 7) is 6.64. The second-order valence-corrected chi connectivity index (χ2v) is 4.53. The van der Waals surface area contributed by atoms with Gasteiger partial charge >= 0.3 is 0 Å². The molecule has 102 valence electrons. The molecular formula is C12H22ClN5. The van der Waals surface area contributed by atoms with Gasteiger partial charge in [-0.3, -0.25) is 9.88 Å². The molecule has 0 bridgehead atoms. The average Bonchev–Trinajstić information content (AvgIpc) is 2.34. The van der Waals surface area contributed by atoms with Gasteiger partial charge in [0.25, 0.3) is 0 Å². The Morgan fingerprint density at radius 3 is 2.72 bits per heavy atom. The molecule has 1 aromatic heterocycles. The molecule has 0 spiro atoms. The SMILES string of the molecule is CN1CCN(CCNc2ccncc2N)CC1.Cl. The summed E-state index contributed by atoms with van der Waals surface area (Å²) in [5.74, 6) is 0. The van der Waals surface area contributed by atoms with Gasteiger partial charge in [0.2, 0.25) is 0 Å². The molecule has 0 aliphatic carbocycles. The Balaban J connectivity index is 0.00000162. The van der Waals surface area contributed by atoms with E-state index < -0.39 is 0 Å². The Morgan fingerprint density at radius 2 is 2.06 bits per heavy atom. The first-order chi connectivity index (χ1) is 8.25. The molecule has 0 aromatic carbocycles. The van der Waals surface area contributed by atoms with Crippen molar-refractivity contribution in [3.05, 3.63) is 18.5 Å². The van der Waals surface area contributed by atoms with Gasteiger partial charge in [-0.1, -0.05) is 0 Å². The molecule has 18 heavy (non-hydrogen) atoms. The highest BCUT2D eigenvalue weighted by molar-refractivity contribution is 5.85. The zero-order valence-electron chi connectivity index (χ0n) is 10.8. The van der Waals surface area contributed by atoms with Gasteiger partial charge in [0, 0.05) is 45.5 Å². The lowest BCUT2D eigenvalue weighted by molar-refractivity contribution is 0.158. The first kappa shape index (κ1) is 15.0. The van der Waals surface area contributed by atoms with Gasteiger partial charge in [-0.2, -0.15) is 0 Å². The molecule has 1 fully saturated rings. The van der Waals surface area contributed by atoms with Crippen LogP contribution in [-0.2, 0) is 0 Å². The first-order valence-electron chi connectivity index (χ1n) is 6.10. The smallest absolute Gasteiger partial charge is 0.0736 e. The molecule has 1 saturated heterocycles. The van der Waals surface area contributed by atoms with Crippen LogP contribution in [0.3, 0.4) is 0 Å². The largest absolute Gasteiger partial charge is 0.396 e. The summed E-state index contributed by atoms with van der Waals surface area (Å²) < 4.78 is 0. The van der Waals surface area contributed by atoms with Crippen molar-refractivity contribution in [3.63, 3.8) is 0 Å². The van der Waals surface area contributed by atoms with Gasteiger partial charge in [-0.25, -0.2) is 0 Å². The minimum Gasteiger partial charge on any atom is -0.396 e. The van der Waals surface area contributed by atoms with Crippen molar-refractivity contribution >= 4 is 23.8 Å². The number of nitrogen functional groups attached to an aromatic ring is 1. The third kappa shape index (κ3) is 4.33. The fraction of sp³-hybridized carbons (Fsp3) is 0.583. The third-order valence-electron chi connectivity index (χ3n) is 3.19. The van der Waals surface area contributed by atoms with E-state index in [-0.39, 0.29) is 12.4 Å². The molecule has 0 amide bonds. The minimum atomic E-state index is 0. The van der Waals surface area contributed by atoms with Crippen LogP contribution in [0.2, 0.25) is 0 Å². The number of pyridine rings is 1. The van der Waals surface area contributed by atoms with Crippen LogP contribution in [0.4, 0.5) is 11.4 Å². The molecule has 5 nitrogen and oxygen atoms in total. The van der Waals surface area contributed by atoms with Crippen molar-refractivity contribution in [2.45, 2.75) is 0 Å². The van der Waals surface area contributed by atoms with E-state index in [1.165, 1.54) is 0 Å². The number of nitrogens with one attached hydrogen (secondary N) is 1. The summed E-state index contributed by atoms with van der Waals surface area (Å²) in [6, 6.07) is 1.92. The zero-order valence-corrected chi connectivity index (χ0v) is 11.6. The van der Waals surface area contributed by atoms with Crippen LogP contribution in [0.15, 0.2) is 18.5 Å². The van der Waals surface area contributed by atoms with E-state index in [1.807, 2.05) is 6.07 Å². The van der Waals surface area contributed by atoms with Crippen molar-refractivity contribution in [3.8, 4) is 0 Å². The Labute approximate surface area is 115 Å². The lowest BCUT2D eigenvalue weighted by Crippen LogP contribution is -2.45. The van der Waals surface area contributed by atoms with Crippen molar-refractivity contribution < 1.29 is 0 Å². The van der Waals surface area contributed by atoms with E-state index in [1.54, 1.807) is 12.4 Å². The van der Waals surface area contributed by atoms with Crippen LogP contribution in [0.5, 0.6) is 0 Å². The van der Waals surface area contributed by atoms with Crippen LogP contribution >= 0.6 is 12.4 Å². The normalized spacial score (nSPS) is 17.2. The number of halogens is 1. The highest BCUT2D eigenvalue weighted by atomic mass is 35.5. The topological polar surface area (TPSA) is 57.4 Å². The van der Waals surface area contributed by atoms with E-state index in [2.05, 4.69) is 27.1 Å². The predicted molar refractivity (Wildman–Crippen MR) is 78.3 cm³/mol. The van der Waals surface area contributed by atoms with Gasteiger partial charge < -0.3 is 16.0 Å². The van der Waals surface area contributed by atoms with E-state index in [9.17, 15) is 0 Å². The molecule has 1 aromatic rings. The quantitative estimate of drug-likeness (QED) is 0.846. The molecule has 6 heteroatoms. The number of rotatable bonds is 4. The molecule has 0 unspecified atom stereocenters. The minimum absolute atomic E-state index is 0. The maximum Gasteiger partial charge on any atom is 0.0736 e. The lowest BCUT2D eigenvalue weighted by Gasteiger charge is -2.32. The summed E-state index contributed by atoms with van der Waals surface area (Å²) in [5.41, 5.74) is 7.51. The monoisotopic (exact) mass is 271 g/mol. The summed E-state index contributed by atoms with van der Waals surface area (Å²) >= 11 is 0. The molecular weight excluding hydrogens is 250 g/mol. The Morgan fingerprint density at radius 1 is 1.33 bits per heavy atom. The molecule has 2 heterocycles. The van der Waals surface area contributed by atoms with Crippen LogP contribution < -0.4 is 11.1 Å². The maximum absolute atomic E-state index is 5.81. The van der Waals surface area contributed by atoms with E-state index in [4.69, 9.17) is 5.73 Å². The van der Waals surface area contributed by atoms with E-state index in [0.29, 0.717) is 5.69 Å². The third-order valence-corrected chi connectivity index (χ3v) is 3.19. The van der Waals surface area contributed by atoms with Crippen molar-refractivity contribution in [1.29, 1.82) is 0 Å². The molecule has 3 N–H and O–H groups in total. The molecule has 0 radical (unpaired) electrons. The molecule has 2 rings (SSSR count). The number of piperazine rings is 1. The van der Waals surface area contributed by atoms with Crippen LogP contribution in [0.1, 0.15) is 0 Å². The van der Waals surface area contributed by atoms with Gasteiger partial charge in [0.15, 0.2) is 0 Å². The van der Waals surface area contributed by atoms with E-state index >= 15 is 0 Å². The molecule has 1 aliphatic heterocycles. The first-order valence-corrected chi connectivity index (χ1v) is 6.10. The number of anilines is 2. The standard InChI is InChI=1S/C12H21N5.ClH/c1-16-6-8-17(9-7-16)5-4-15-12-2-3-14-10-11(12)13;/h2-3,10H,4-9,13H2,1H3,(H,14,15);1H. The lowest BCUT2D eigenvalue weighted by atomic mass is 10.3. The molecule has 1 aliphatic rings. The van der Waals surface area contributed by atoms with Gasteiger partial charge in [0.05, 0.1) is 17.6 Å². The fourth-order valence-corrected chi connectivity index (χ4v) is 1.99. The van der Waals surface area contributed by atoms with Crippen molar-refractivity contribution in [2.24, 2.45) is 0 Å². The highest BCUT2D eigenvalue weighted by Crippen LogP contribution is 2.14. The van der Waals surface area contributed by atoms with Crippen LogP contribution in [0, 0.1) is 0 Å². The average molecular weight is 272 g/mol. The number of hydrogen-bond donors (Lipinski definition) is 2. The number of nitrogens with two attached hydrogens (primary N) is 1. The summed E-state index contributed by atoms with van der Waals surface area (Å²) in [7, 11) is 2.17. The maximum atomic E-state index is 5.81. The molecule has 0 atom stereocenters. The highest BCUT2D eigenvalue weighted by Gasteiger charge is 2.12. The van der Waals surface area contributed by atoms with Gasteiger partial charge in [-0.05, 0) is 13.1 Å². The van der Waals surface area contributed by atoms with Gasteiger partial charge in [0.1, 0.15) is 0 Å². The zero-order chi connectivity index (χ0) is 12.1. The summed E-state index contributed by atoms with van der Waals surface area (Å²) in [4.78, 5) is 8.81. The number of likely N-dealkylation sites (N-methyl/N-ethyl adjacent to an activating group) is 1. The van der Waals surface area contributed by atoms with Crippen molar-refractivity contribution in [2.75, 3.05) is 57.4 Å². The number of hydrogen-bond acceptors (Lipinski definition) is 5. The number of aromatic nitrogens is 1. The van der Waals surface area contributed by atoms with E-state index in [0.717, 1.165) is 45.0 Å². The Kier molecular flexibility index (Phi) is 6.18. The van der Waals surface area contributed by atoms with Crippen molar-refractivity contribution in [1.82, 2.24) is 14.8 Å². The number of nitrogens with zero attached hydrogens (tertiary/aromatic N) is 3. The summed E-state index contributed by atoms with van der Waals surface area (Å²) in [6.07, 6.45) is 3.44. The predicted octanol–water partition coefficient (Wildman–Crippen LogP) is 0.745. The second-order valence-electron chi connectivity index (χ2n) is 4.53. The second kappa shape index (κ2) is 7.41.